The summed E-state index contributed by atoms with van der Waals surface area (Å²) in [6.07, 6.45) is 1.74. The molecular formula is C15H29NO3. The van der Waals surface area contributed by atoms with Crippen LogP contribution in [0.2, 0.25) is 0 Å². The van der Waals surface area contributed by atoms with Crippen molar-refractivity contribution in [2.45, 2.75) is 53.9 Å². The van der Waals surface area contributed by atoms with Gasteiger partial charge < -0.3 is 9.64 Å². The molecule has 1 amide bonds. The molecule has 0 aromatic heterocycles. The summed E-state index contributed by atoms with van der Waals surface area (Å²) in [4.78, 5) is 25.7. The predicted octanol–water partition coefficient (Wildman–Crippen LogP) is 2.86. The maximum atomic E-state index is 12.2. The van der Waals surface area contributed by atoms with Crippen LogP contribution in [0, 0.1) is 11.8 Å². The van der Waals surface area contributed by atoms with E-state index in [-0.39, 0.29) is 24.2 Å². The van der Waals surface area contributed by atoms with Gasteiger partial charge in [0, 0.05) is 19.0 Å². The van der Waals surface area contributed by atoms with Crippen molar-refractivity contribution >= 4 is 11.9 Å². The van der Waals surface area contributed by atoms with Crippen LogP contribution < -0.4 is 0 Å². The first-order valence-electron chi connectivity index (χ1n) is 7.40. The third-order valence-corrected chi connectivity index (χ3v) is 3.29. The number of amides is 1. The number of nitrogens with zero attached hydrogens (tertiary/aromatic N) is 1. The lowest BCUT2D eigenvalue weighted by Gasteiger charge is -2.24. The molecule has 1 atom stereocenters. The van der Waals surface area contributed by atoms with Crippen molar-refractivity contribution in [2.75, 3.05) is 19.7 Å². The molecule has 0 aliphatic heterocycles. The van der Waals surface area contributed by atoms with E-state index in [2.05, 4.69) is 13.8 Å². The van der Waals surface area contributed by atoms with Crippen molar-refractivity contribution in [3.63, 3.8) is 0 Å². The van der Waals surface area contributed by atoms with Gasteiger partial charge in [-0.25, -0.2) is 0 Å². The molecule has 0 saturated heterocycles. The molecule has 1 unspecified atom stereocenters. The van der Waals surface area contributed by atoms with Gasteiger partial charge >= 0.3 is 5.97 Å². The Balaban J connectivity index is 4.24. The van der Waals surface area contributed by atoms with Crippen LogP contribution in [0.5, 0.6) is 0 Å². The van der Waals surface area contributed by atoms with Crippen molar-refractivity contribution in [1.82, 2.24) is 4.90 Å². The van der Waals surface area contributed by atoms with Gasteiger partial charge in [-0.3, -0.25) is 9.59 Å². The standard InChI is InChI=1S/C15H29NO3/c1-6-13(15(18)16(7-2)8-3)11-14(17)19-10-9-12(4)5/h12-13H,6-11H2,1-5H3. The van der Waals surface area contributed by atoms with Gasteiger partial charge in [-0.1, -0.05) is 20.8 Å². The number of hydrogen-bond donors (Lipinski definition) is 0. The largest absolute Gasteiger partial charge is 0.466 e. The van der Waals surface area contributed by atoms with E-state index in [0.717, 1.165) is 6.42 Å². The van der Waals surface area contributed by atoms with Gasteiger partial charge in [0.05, 0.1) is 13.0 Å². The van der Waals surface area contributed by atoms with Crippen LogP contribution in [0.1, 0.15) is 53.9 Å². The Morgan fingerprint density at radius 3 is 2.11 bits per heavy atom. The summed E-state index contributed by atoms with van der Waals surface area (Å²) < 4.78 is 5.17. The predicted molar refractivity (Wildman–Crippen MR) is 76.7 cm³/mol. The lowest BCUT2D eigenvalue weighted by atomic mass is 10.0. The molecule has 0 radical (unpaired) electrons. The number of carbonyl (C=O) groups excluding carboxylic acids is 2. The average molecular weight is 271 g/mol. The molecule has 4 nitrogen and oxygen atoms in total. The van der Waals surface area contributed by atoms with E-state index in [0.29, 0.717) is 32.0 Å². The SMILES string of the molecule is CCC(CC(=O)OCCC(C)C)C(=O)N(CC)CC. The van der Waals surface area contributed by atoms with E-state index in [1.807, 2.05) is 20.8 Å². The second-order valence-corrected chi connectivity index (χ2v) is 5.22. The first-order chi connectivity index (χ1) is 8.96. The van der Waals surface area contributed by atoms with E-state index in [4.69, 9.17) is 4.74 Å². The summed E-state index contributed by atoms with van der Waals surface area (Å²) in [5, 5.41) is 0. The fourth-order valence-electron chi connectivity index (χ4n) is 1.87. The Morgan fingerprint density at radius 1 is 1.11 bits per heavy atom. The van der Waals surface area contributed by atoms with Crippen LogP contribution in [0.4, 0.5) is 0 Å². The molecule has 0 aliphatic carbocycles. The van der Waals surface area contributed by atoms with E-state index < -0.39 is 0 Å². The number of hydrogen-bond acceptors (Lipinski definition) is 3. The van der Waals surface area contributed by atoms with E-state index in [9.17, 15) is 9.59 Å². The van der Waals surface area contributed by atoms with Crippen LogP contribution in [0.25, 0.3) is 0 Å². The Labute approximate surface area is 117 Å². The van der Waals surface area contributed by atoms with Gasteiger partial charge in [0.25, 0.3) is 0 Å². The van der Waals surface area contributed by atoms with E-state index in [1.165, 1.54) is 0 Å². The average Bonchev–Trinajstić information content (AvgIpc) is 2.36. The first kappa shape index (κ1) is 17.9. The molecule has 19 heavy (non-hydrogen) atoms. The van der Waals surface area contributed by atoms with Crippen molar-refractivity contribution in [2.24, 2.45) is 11.8 Å². The monoisotopic (exact) mass is 271 g/mol. The highest BCUT2D eigenvalue weighted by Gasteiger charge is 2.24. The minimum atomic E-state index is -0.256. The number of carbonyl (C=O) groups is 2. The highest BCUT2D eigenvalue weighted by molar-refractivity contribution is 5.83. The zero-order chi connectivity index (χ0) is 14.8. The molecule has 0 heterocycles. The molecule has 0 N–H and O–H groups in total. The topological polar surface area (TPSA) is 46.6 Å². The molecule has 0 bridgehead atoms. The highest BCUT2D eigenvalue weighted by atomic mass is 16.5. The molecule has 0 aromatic carbocycles. The van der Waals surface area contributed by atoms with Gasteiger partial charge in [-0.2, -0.15) is 0 Å². The molecule has 0 fully saturated rings. The van der Waals surface area contributed by atoms with Gasteiger partial charge in [0.2, 0.25) is 5.91 Å². The Hall–Kier alpha value is -1.06. The fraction of sp³-hybridized carbons (Fsp3) is 0.867. The quantitative estimate of drug-likeness (QED) is 0.606. The Kier molecular flexibility index (Phi) is 9.27. The van der Waals surface area contributed by atoms with Crippen LogP contribution >= 0.6 is 0 Å². The summed E-state index contributed by atoms with van der Waals surface area (Å²) >= 11 is 0. The van der Waals surface area contributed by atoms with Crippen molar-refractivity contribution in [3.8, 4) is 0 Å². The molecule has 0 rings (SSSR count). The third-order valence-electron chi connectivity index (χ3n) is 3.29. The Bertz CT molecular complexity index is 273. The van der Waals surface area contributed by atoms with E-state index in [1.54, 1.807) is 4.90 Å². The fourth-order valence-corrected chi connectivity index (χ4v) is 1.87. The number of rotatable bonds is 9. The maximum Gasteiger partial charge on any atom is 0.306 e. The smallest absolute Gasteiger partial charge is 0.306 e. The Morgan fingerprint density at radius 2 is 1.68 bits per heavy atom. The van der Waals surface area contributed by atoms with Gasteiger partial charge in [0.1, 0.15) is 0 Å². The normalized spacial score (nSPS) is 12.3. The van der Waals surface area contributed by atoms with Gasteiger partial charge in [0.15, 0.2) is 0 Å². The molecule has 4 heteroatoms. The molecule has 0 aliphatic rings. The van der Waals surface area contributed by atoms with Crippen molar-refractivity contribution < 1.29 is 14.3 Å². The molecule has 0 spiro atoms. The summed E-state index contributed by atoms with van der Waals surface area (Å²) in [6, 6.07) is 0. The molecular weight excluding hydrogens is 242 g/mol. The first-order valence-corrected chi connectivity index (χ1v) is 7.40. The lowest BCUT2D eigenvalue weighted by Crippen LogP contribution is -2.36. The summed E-state index contributed by atoms with van der Waals surface area (Å²) in [7, 11) is 0. The third kappa shape index (κ3) is 7.19. The molecule has 112 valence electrons. The van der Waals surface area contributed by atoms with Crippen molar-refractivity contribution in [1.29, 1.82) is 0 Å². The maximum absolute atomic E-state index is 12.2. The summed E-state index contributed by atoms with van der Waals surface area (Å²) in [5.41, 5.74) is 0. The zero-order valence-electron chi connectivity index (χ0n) is 13.1. The minimum Gasteiger partial charge on any atom is -0.466 e. The second kappa shape index (κ2) is 9.82. The van der Waals surface area contributed by atoms with Gasteiger partial charge in [-0.15, -0.1) is 0 Å². The van der Waals surface area contributed by atoms with E-state index >= 15 is 0 Å². The highest BCUT2D eigenvalue weighted by Crippen LogP contribution is 2.14. The van der Waals surface area contributed by atoms with Crippen LogP contribution in [-0.2, 0) is 14.3 Å². The zero-order valence-corrected chi connectivity index (χ0v) is 13.1. The summed E-state index contributed by atoms with van der Waals surface area (Å²) in [6.45, 7) is 11.9. The van der Waals surface area contributed by atoms with Gasteiger partial charge in [-0.05, 0) is 32.6 Å². The van der Waals surface area contributed by atoms with Crippen LogP contribution in [-0.4, -0.2) is 36.5 Å². The molecule has 0 aromatic rings. The van der Waals surface area contributed by atoms with Crippen molar-refractivity contribution in [3.05, 3.63) is 0 Å². The molecule has 0 saturated carbocycles. The number of esters is 1. The second-order valence-electron chi connectivity index (χ2n) is 5.22. The van der Waals surface area contributed by atoms with Crippen LogP contribution in [0.15, 0.2) is 0 Å². The minimum absolute atomic E-state index is 0.0632. The summed E-state index contributed by atoms with van der Waals surface area (Å²) in [5.74, 6) is 0.0832. The number of ether oxygens (including phenoxy) is 1. The lowest BCUT2D eigenvalue weighted by molar-refractivity contribution is -0.149. The van der Waals surface area contributed by atoms with Crippen LogP contribution in [0.3, 0.4) is 0 Å².